The van der Waals surface area contributed by atoms with E-state index in [1.807, 2.05) is 0 Å². The van der Waals surface area contributed by atoms with Crippen molar-refractivity contribution in [1.29, 1.82) is 0 Å². The molecule has 98 valence electrons. The predicted molar refractivity (Wildman–Crippen MR) is 77.3 cm³/mol. The van der Waals surface area contributed by atoms with E-state index >= 15 is 0 Å². The number of hydrogen-bond donors (Lipinski definition) is 1. The van der Waals surface area contributed by atoms with Crippen molar-refractivity contribution in [1.82, 2.24) is 5.32 Å². The van der Waals surface area contributed by atoms with Crippen LogP contribution in [0.3, 0.4) is 0 Å². The molecule has 17 heavy (non-hydrogen) atoms. The van der Waals surface area contributed by atoms with Crippen molar-refractivity contribution in [2.24, 2.45) is 0 Å². The molecule has 0 aromatic carbocycles. The van der Waals surface area contributed by atoms with E-state index in [4.69, 9.17) is 0 Å². The van der Waals surface area contributed by atoms with Gasteiger partial charge >= 0.3 is 0 Å². The van der Waals surface area contributed by atoms with Crippen LogP contribution in [0.25, 0.3) is 0 Å². The van der Waals surface area contributed by atoms with Gasteiger partial charge in [0.15, 0.2) is 0 Å². The van der Waals surface area contributed by atoms with Gasteiger partial charge in [-0.05, 0) is 57.9 Å². The van der Waals surface area contributed by atoms with Gasteiger partial charge in [0.2, 0.25) is 0 Å². The van der Waals surface area contributed by atoms with Crippen LogP contribution >= 0.6 is 0 Å². The monoisotopic (exact) mass is 235 g/mol. The molecule has 0 aromatic rings. The van der Waals surface area contributed by atoms with Gasteiger partial charge in [-0.1, -0.05) is 37.6 Å². The Bertz CT molecular complexity index is 252. The second kappa shape index (κ2) is 8.52. The van der Waals surface area contributed by atoms with Crippen molar-refractivity contribution < 1.29 is 0 Å². The first-order valence-electron chi connectivity index (χ1n) is 7.34. The summed E-state index contributed by atoms with van der Waals surface area (Å²) in [6.45, 7) is 9.73. The Morgan fingerprint density at radius 2 is 2.24 bits per heavy atom. The third-order valence-corrected chi connectivity index (χ3v) is 3.61. The molecule has 1 aliphatic rings. The minimum Gasteiger partial charge on any atom is -0.313 e. The standard InChI is InChI=1S/C16H29N/c1-4-11-17-16(12-14(3)5-2)13-15-9-7-6-8-10-15/h9,16-17H,3-8,10-13H2,1-2H3. The first kappa shape index (κ1) is 14.5. The fourth-order valence-corrected chi connectivity index (χ4v) is 2.46. The van der Waals surface area contributed by atoms with Crippen molar-refractivity contribution in [3.63, 3.8) is 0 Å². The average Bonchev–Trinajstić information content (AvgIpc) is 2.37. The van der Waals surface area contributed by atoms with Crippen LogP contribution in [-0.4, -0.2) is 12.6 Å². The molecule has 0 saturated heterocycles. The molecule has 0 amide bonds. The van der Waals surface area contributed by atoms with Gasteiger partial charge in [-0.25, -0.2) is 0 Å². The highest BCUT2D eigenvalue weighted by molar-refractivity contribution is 5.09. The molecular formula is C16H29N. The number of rotatable bonds is 8. The van der Waals surface area contributed by atoms with Crippen molar-refractivity contribution >= 4 is 0 Å². The molecule has 0 spiro atoms. The topological polar surface area (TPSA) is 12.0 Å². The van der Waals surface area contributed by atoms with E-state index < -0.39 is 0 Å². The second-order valence-electron chi connectivity index (χ2n) is 5.27. The first-order chi connectivity index (χ1) is 8.26. The van der Waals surface area contributed by atoms with E-state index in [2.05, 4.69) is 31.8 Å². The Kier molecular flexibility index (Phi) is 7.27. The van der Waals surface area contributed by atoms with Gasteiger partial charge in [-0.2, -0.15) is 0 Å². The molecular weight excluding hydrogens is 206 g/mol. The maximum atomic E-state index is 4.15. The minimum absolute atomic E-state index is 0.617. The number of allylic oxidation sites excluding steroid dienone is 1. The average molecular weight is 235 g/mol. The van der Waals surface area contributed by atoms with Gasteiger partial charge in [0.25, 0.3) is 0 Å². The Hall–Kier alpha value is -0.560. The van der Waals surface area contributed by atoms with Gasteiger partial charge in [0.1, 0.15) is 0 Å². The normalized spacial score (nSPS) is 17.6. The van der Waals surface area contributed by atoms with Crippen LogP contribution in [0.5, 0.6) is 0 Å². The van der Waals surface area contributed by atoms with Crippen LogP contribution in [0, 0.1) is 0 Å². The summed E-state index contributed by atoms with van der Waals surface area (Å²) in [4.78, 5) is 0. The highest BCUT2D eigenvalue weighted by Gasteiger charge is 2.12. The lowest BCUT2D eigenvalue weighted by Crippen LogP contribution is -2.30. The quantitative estimate of drug-likeness (QED) is 0.606. The highest BCUT2D eigenvalue weighted by Crippen LogP contribution is 2.23. The van der Waals surface area contributed by atoms with Crippen LogP contribution in [-0.2, 0) is 0 Å². The summed E-state index contributed by atoms with van der Waals surface area (Å²) < 4.78 is 0. The van der Waals surface area contributed by atoms with E-state index in [-0.39, 0.29) is 0 Å². The fourth-order valence-electron chi connectivity index (χ4n) is 2.46. The molecule has 0 aliphatic heterocycles. The molecule has 0 aromatic heterocycles. The van der Waals surface area contributed by atoms with Gasteiger partial charge in [-0.15, -0.1) is 0 Å². The largest absolute Gasteiger partial charge is 0.313 e. The number of nitrogens with one attached hydrogen (secondary N) is 1. The van der Waals surface area contributed by atoms with E-state index in [1.54, 1.807) is 5.57 Å². The van der Waals surface area contributed by atoms with Crippen LogP contribution in [0.4, 0.5) is 0 Å². The van der Waals surface area contributed by atoms with Gasteiger partial charge in [0, 0.05) is 6.04 Å². The van der Waals surface area contributed by atoms with Crippen LogP contribution < -0.4 is 5.32 Å². The summed E-state index contributed by atoms with van der Waals surface area (Å²) in [6, 6.07) is 0.617. The van der Waals surface area contributed by atoms with Crippen molar-refractivity contribution in [2.75, 3.05) is 6.54 Å². The zero-order chi connectivity index (χ0) is 12.5. The minimum atomic E-state index is 0.617. The summed E-state index contributed by atoms with van der Waals surface area (Å²) in [7, 11) is 0. The molecule has 1 N–H and O–H groups in total. The molecule has 0 saturated carbocycles. The van der Waals surface area contributed by atoms with Gasteiger partial charge in [0.05, 0.1) is 0 Å². The molecule has 0 fully saturated rings. The molecule has 0 heterocycles. The zero-order valence-corrected chi connectivity index (χ0v) is 11.7. The Morgan fingerprint density at radius 3 is 2.82 bits per heavy atom. The molecule has 1 aliphatic carbocycles. The molecule has 1 atom stereocenters. The first-order valence-corrected chi connectivity index (χ1v) is 7.34. The molecule has 0 bridgehead atoms. The lowest BCUT2D eigenvalue weighted by atomic mass is 9.91. The van der Waals surface area contributed by atoms with Crippen molar-refractivity contribution in [3.8, 4) is 0 Å². The van der Waals surface area contributed by atoms with Gasteiger partial charge in [-0.3, -0.25) is 0 Å². The maximum absolute atomic E-state index is 4.15. The summed E-state index contributed by atoms with van der Waals surface area (Å²) in [5, 5.41) is 3.68. The molecule has 1 unspecified atom stereocenters. The Morgan fingerprint density at radius 1 is 1.41 bits per heavy atom. The third kappa shape index (κ3) is 6.07. The van der Waals surface area contributed by atoms with E-state index in [1.165, 1.54) is 44.1 Å². The molecule has 1 rings (SSSR count). The third-order valence-electron chi connectivity index (χ3n) is 3.61. The van der Waals surface area contributed by atoms with Crippen LogP contribution in [0.1, 0.15) is 65.2 Å². The smallest absolute Gasteiger partial charge is 0.0141 e. The molecule has 1 heteroatoms. The zero-order valence-electron chi connectivity index (χ0n) is 11.7. The Labute approximate surface area is 107 Å². The SMILES string of the molecule is C=C(CC)CC(CC1=CCCCC1)NCCC. The second-order valence-corrected chi connectivity index (χ2v) is 5.27. The lowest BCUT2D eigenvalue weighted by Gasteiger charge is -2.22. The van der Waals surface area contributed by atoms with Crippen LogP contribution in [0.15, 0.2) is 23.8 Å². The van der Waals surface area contributed by atoms with E-state index in [9.17, 15) is 0 Å². The summed E-state index contributed by atoms with van der Waals surface area (Å²) in [5.74, 6) is 0. The predicted octanol–water partition coefficient (Wildman–Crippen LogP) is 4.60. The lowest BCUT2D eigenvalue weighted by molar-refractivity contribution is 0.486. The Balaban J connectivity index is 2.43. The maximum Gasteiger partial charge on any atom is 0.0141 e. The number of hydrogen-bond acceptors (Lipinski definition) is 1. The van der Waals surface area contributed by atoms with E-state index in [0.717, 1.165) is 19.4 Å². The van der Waals surface area contributed by atoms with Crippen molar-refractivity contribution in [3.05, 3.63) is 23.8 Å². The highest BCUT2D eigenvalue weighted by atomic mass is 14.9. The fraction of sp³-hybridized carbons (Fsp3) is 0.750. The summed E-state index contributed by atoms with van der Waals surface area (Å²) in [5.41, 5.74) is 3.06. The van der Waals surface area contributed by atoms with Crippen LogP contribution in [0.2, 0.25) is 0 Å². The van der Waals surface area contributed by atoms with Gasteiger partial charge < -0.3 is 5.32 Å². The van der Waals surface area contributed by atoms with E-state index in [0.29, 0.717) is 6.04 Å². The summed E-state index contributed by atoms with van der Waals surface area (Å²) >= 11 is 0. The molecule has 0 radical (unpaired) electrons. The molecule has 1 nitrogen and oxygen atoms in total. The van der Waals surface area contributed by atoms with Crippen molar-refractivity contribution in [2.45, 2.75) is 71.3 Å². The summed E-state index contributed by atoms with van der Waals surface area (Å²) in [6.07, 6.45) is 12.6.